The van der Waals surface area contributed by atoms with E-state index in [1.54, 1.807) is 10.7 Å². The molecule has 4 aromatic rings. The first-order valence-electron chi connectivity index (χ1n) is 10.0. The summed E-state index contributed by atoms with van der Waals surface area (Å²) in [5.74, 6) is -1.71. The van der Waals surface area contributed by atoms with Crippen LogP contribution in [0.4, 0.5) is 8.78 Å². The van der Waals surface area contributed by atoms with Crippen LogP contribution in [0.15, 0.2) is 41.2 Å². The number of amides is 1. The second-order valence-corrected chi connectivity index (χ2v) is 8.15. The lowest BCUT2D eigenvalue weighted by molar-refractivity contribution is 0.0440. The molecule has 0 unspecified atom stereocenters. The van der Waals surface area contributed by atoms with E-state index in [0.717, 1.165) is 11.2 Å². The van der Waals surface area contributed by atoms with Crippen molar-refractivity contribution >= 4 is 11.4 Å². The number of alkyl halides is 2. The summed E-state index contributed by atoms with van der Waals surface area (Å²) in [6.07, 6.45) is 0.724. The SMILES string of the molecule is CC(C)(O)c1nc(C(F)F)c(C(=O)N2CCc3[nH]cnc3[C@@H]2c2cc3ccccn3n2)o1. The van der Waals surface area contributed by atoms with Crippen LogP contribution in [-0.4, -0.2) is 47.0 Å². The highest BCUT2D eigenvalue weighted by Gasteiger charge is 2.40. The minimum atomic E-state index is -3.05. The number of aromatic amines is 1. The fourth-order valence-corrected chi connectivity index (χ4v) is 3.91. The molecular weight excluding hydrogens is 422 g/mol. The molecule has 0 saturated heterocycles. The molecule has 4 aromatic heterocycles. The third kappa shape index (κ3) is 3.25. The second-order valence-electron chi connectivity index (χ2n) is 8.15. The highest BCUT2D eigenvalue weighted by molar-refractivity contribution is 5.93. The van der Waals surface area contributed by atoms with Crippen molar-refractivity contribution in [3.63, 3.8) is 0 Å². The zero-order valence-electron chi connectivity index (χ0n) is 17.3. The highest BCUT2D eigenvalue weighted by Crippen LogP contribution is 2.36. The van der Waals surface area contributed by atoms with Gasteiger partial charge in [0.25, 0.3) is 12.3 Å². The van der Waals surface area contributed by atoms with Gasteiger partial charge in [-0.05, 0) is 32.0 Å². The number of imidazole rings is 1. The summed E-state index contributed by atoms with van der Waals surface area (Å²) in [5, 5.41) is 14.7. The van der Waals surface area contributed by atoms with Crippen molar-refractivity contribution in [1.29, 1.82) is 0 Å². The number of nitrogens with one attached hydrogen (secondary N) is 1. The number of carbonyl (C=O) groups is 1. The number of hydrogen-bond donors (Lipinski definition) is 2. The second kappa shape index (κ2) is 7.23. The third-order valence-corrected chi connectivity index (χ3v) is 5.43. The van der Waals surface area contributed by atoms with Gasteiger partial charge < -0.3 is 19.4 Å². The Labute approximate surface area is 180 Å². The number of carbonyl (C=O) groups excluding carboxylic acids is 1. The number of fused-ring (bicyclic) bond motifs is 2. The van der Waals surface area contributed by atoms with Gasteiger partial charge in [-0.1, -0.05) is 6.07 Å². The van der Waals surface area contributed by atoms with Crippen molar-refractivity contribution in [1.82, 2.24) is 29.5 Å². The van der Waals surface area contributed by atoms with Crippen molar-refractivity contribution in [3.05, 3.63) is 71.2 Å². The van der Waals surface area contributed by atoms with Crippen LogP contribution in [0.1, 0.15) is 65.5 Å². The Morgan fingerprint density at radius 3 is 2.91 bits per heavy atom. The van der Waals surface area contributed by atoms with Crippen LogP contribution >= 0.6 is 0 Å². The Hall–Kier alpha value is -3.60. The Bertz CT molecular complexity index is 1270. The average molecular weight is 442 g/mol. The molecule has 1 amide bonds. The van der Waals surface area contributed by atoms with Crippen LogP contribution in [0.5, 0.6) is 0 Å². The van der Waals surface area contributed by atoms with Crippen molar-refractivity contribution in [3.8, 4) is 0 Å². The van der Waals surface area contributed by atoms with Crippen molar-refractivity contribution in [2.45, 2.75) is 38.3 Å². The summed E-state index contributed by atoms with van der Waals surface area (Å²) in [7, 11) is 0. The molecule has 166 valence electrons. The van der Waals surface area contributed by atoms with Gasteiger partial charge in [0.15, 0.2) is 5.69 Å². The molecule has 0 aromatic carbocycles. The summed E-state index contributed by atoms with van der Waals surface area (Å²) in [4.78, 5) is 26.1. The minimum Gasteiger partial charge on any atom is -0.432 e. The largest absolute Gasteiger partial charge is 0.432 e. The van der Waals surface area contributed by atoms with Gasteiger partial charge in [0.1, 0.15) is 11.6 Å². The molecule has 32 heavy (non-hydrogen) atoms. The van der Waals surface area contributed by atoms with Crippen molar-refractivity contribution in [2.24, 2.45) is 0 Å². The zero-order valence-corrected chi connectivity index (χ0v) is 17.3. The van der Waals surface area contributed by atoms with Crippen LogP contribution < -0.4 is 0 Å². The van der Waals surface area contributed by atoms with E-state index in [-0.39, 0.29) is 12.4 Å². The van der Waals surface area contributed by atoms with E-state index >= 15 is 0 Å². The number of rotatable bonds is 4. The Morgan fingerprint density at radius 1 is 1.38 bits per heavy atom. The molecule has 0 fully saturated rings. The van der Waals surface area contributed by atoms with Gasteiger partial charge in [-0.2, -0.15) is 5.10 Å². The number of oxazole rings is 1. The lowest BCUT2D eigenvalue weighted by Gasteiger charge is -2.33. The number of halogens is 2. The summed E-state index contributed by atoms with van der Waals surface area (Å²) in [6, 6.07) is 6.68. The van der Waals surface area contributed by atoms with Crippen LogP contribution in [-0.2, 0) is 12.0 Å². The van der Waals surface area contributed by atoms with E-state index in [9.17, 15) is 18.7 Å². The van der Waals surface area contributed by atoms with Crippen molar-refractivity contribution < 1.29 is 23.1 Å². The van der Waals surface area contributed by atoms with Crippen LogP contribution in [0.2, 0.25) is 0 Å². The molecule has 2 N–H and O–H groups in total. The summed E-state index contributed by atoms with van der Waals surface area (Å²) < 4.78 is 34.4. The summed E-state index contributed by atoms with van der Waals surface area (Å²) in [6.45, 7) is 2.92. The van der Waals surface area contributed by atoms with Gasteiger partial charge in [0.05, 0.1) is 23.2 Å². The Balaban J connectivity index is 1.62. The fraction of sp³-hybridized carbons (Fsp3) is 0.333. The van der Waals surface area contributed by atoms with Gasteiger partial charge in [-0.3, -0.25) is 4.79 Å². The lowest BCUT2D eigenvalue weighted by atomic mass is 9.99. The number of aliphatic hydroxyl groups is 1. The number of pyridine rings is 1. The molecule has 0 spiro atoms. The molecule has 9 nitrogen and oxygen atoms in total. The normalized spacial score (nSPS) is 16.7. The monoisotopic (exact) mass is 442 g/mol. The van der Waals surface area contributed by atoms with E-state index in [4.69, 9.17) is 4.42 Å². The summed E-state index contributed by atoms with van der Waals surface area (Å²) >= 11 is 0. The molecule has 1 aliphatic rings. The minimum absolute atomic E-state index is 0.230. The maximum absolute atomic E-state index is 13.7. The number of hydrogen-bond acceptors (Lipinski definition) is 6. The zero-order chi connectivity index (χ0) is 22.6. The smallest absolute Gasteiger partial charge is 0.292 e. The van der Waals surface area contributed by atoms with Crippen LogP contribution in [0.3, 0.4) is 0 Å². The van der Waals surface area contributed by atoms with Gasteiger partial charge in [0.2, 0.25) is 11.7 Å². The van der Waals surface area contributed by atoms with E-state index < -0.39 is 35.4 Å². The van der Waals surface area contributed by atoms with E-state index in [2.05, 4.69) is 20.1 Å². The van der Waals surface area contributed by atoms with Gasteiger partial charge >= 0.3 is 0 Å². The predicted molar refractivity (Wildman–Crippen MR) is 107 cm³/mol. The first kappa shape index (κ1) is 20.3. The first-order chi connectivity index (χ1) is 15.2. The molecular formula is C21H20F2N6O3. The lowest BCUT2D eigenvalue weighted by Crippen LogP contribution is -2.41. The van der Waals surface area contributed by atoms with Gasteiger partial charge in [-0.15, -0.1) is 0 Å². The summed E-state index contributed by atoms with van der Waals surface area (Å²) in [5.41, 5.74) is 0.371. The number of nitrogens with zero attached hydrogens (tertiary/aromatic N) is 5. The van der Waals surface area contributed by atoms with Crippen LogP contribution in [0.25, 0.3) is 5.52 Å². The third-order valence-electron chi connectivity index (χ3n) is 5.43. The molecule has 1 atom stereocenters. The Morgan fingerprint density at radius 2 is 2.19 bits per heavy atom. The predicted octanol–water partition coefficient (Wildman–Crippen LogP) is 3.00. The fourth-order valence-electron chi connectivity index (χ4n) is 3.91. The van der Waals surface area contributed by atoms with Gasteiger partial charge in [0, 0.05) is 24.9 Å². The van der Waals surface area contributed by atoms with Gasteiger partial charge in [-0.25, -0.2) is 23.3 Å². The van der Waals surface area contributed by atoms with E-state index in [1.165, 1.54) is 25.1 Å². The molecule has 0 aliphatic carbocycles. The number of H-pyrrole nitrogens is 1. The molecule has 11 heteroatoms. The Kier molecular flexibility index (Phi) is 4.59. The molecule has 1 aliphatic heterocycles. The first-order valence-corrected chi connectivity index (χ1v) is 10.0. The maximum Gasteiger partial charge on any atom is 0.292 e. The van der Waals surface area contributed by atoms with E-state index in [0.29, 0.717) is 17.8 Å². The quantitative estimate of drug-likeness (QED) is 0.503. The molecule has 5 rings (SSSR count). The topological polar surface area (TPSA) is 113 Å². The number of aromatic nitrogens is 5. The van der Waals surface area contributed by atoms with Crippen molar-refractivity contribution in [2.75, 3.05) is 6.54 Å². The standard InChI is InChI=1S/C21H20F2N6O3/c1-21(2,31)20-26-15(18(22)23)17(32-20)19(30)28-8-6-12-14(25-10-24-12)16(28)13-9-11-5-3-4-7-29(11)27-13/h3-5,7,9-10,16,18,31H,6,8H2,1-2H3,(H,24,25)/t16-/m0/s1. The average Bonchev–Trinajstić information content (AvgIpc) is 3.49. The van der Waals surface area contributed by atoms with Crippen LogP contribution in [0, 0.1) is 0 Å². The highest BCUT2D eigenvalue weighted by atomic mass is 19.3. The maximum atomic E-state index is 13.7. The molecule has 0 saturated carbocycles. The molecule has 0 radical (unpaired) electrons. The molecule has 0 bridgehead atoms. The molecule has 5 heterocycles. The van der Waals surface area contributed by atoms with E-state index in [1.807, 2.05) is 24.3 Å².